The van der Waals surface area contributed by atoms with E-state index in [0.29, 0.717) is 0 Å². The van der Waals surface area contributed by atoms with Crippen LogP contribution < -0.4 is 10.6 Å². The lowest BCUT2D eigenvalue weighted by molar-refractivity contribution is 0.455. The molecule has 2 unspecified atom stereocenters. The first-order valence-electron chi connectivity index (χ1n) is 5.81. The smallest absolute Gasteiger partial charge is 0.0193 e. The van der Waals surface area contributed by atoms with Crippen LogP contribution in [-0.2, 0) is 0 Å². The maximum Gasteiger partial charge on any atom is 0.0193 e. The zero-order valence-corrected chi connectivity index (χ0v) is 8.68. The molecule has 1 aliphatic carbocycles. The van der Waals surface area contributed by atoms with E-state index in [1.807, 2.05) is 0 Å². The average molecular weight is 182 g/mol. The van der Waals surface area contributed by atoms with Gasteiger partial charge in [0.05, 0.1) is 0 Å². The molecule has 2 rings (SSSR count). The van der Waals surface area contributed by atoms with Crippen LogP contribution in [0.25, 0.3) is 0 Å². The van der Waals surface area contributed by atoms with Crippen molar-refractivity contribution in [2.24, 2.45) is 5.92 Å². The summed E-state index contributed by atoms with van der Waals surface area (Å²) >= 11 is 0. The minimum absolute atomic E-state index is 0.760. The Morgan fingerprint density at radius 3 is 2.85 bits per heavy atom. The first kappa shape index (κ1) is 9.47. The molecule has 0 amide bonds. The molecule has 2 heteroatoms. The normalized spacial score (nSPS) is 39.9. The summed E-state index contributed by atoms with van der Waals surface area (Å²) in [6.07, 6.45) is 6.96. The third-order valence-corrected chi connectivity index (χ3v) is 3.51. The summed E-state index contributed by atoms with van der Waals surface area (Å²) in [5.41, 5.74) is 0. The van der Waals surface area contributed by atoms with Crippen molar-refractivity contribution in [1.82, 2.24) is 10.6 Å². The molecule has 0 aromatic rings. The fourth-order valence-corrected chi connectivity index (χ4v) is 2.63. The highest BCUT2D eigenvalue weighted by atomic mass is 15.0. The van der Waals surface area contributed by atoms with Gasteiger partial charge < -0.3 is 10.6 Å². The van der Waals surface area contributed by atoms with Gasteiger partial charge in [0.1, 0.15) is 0 Å². The summed E-state index contributed by atoms with van der Waals surface area (Å²) < 4.78 is 0. The van der Waals surface area contributed by atoms with E-state index in [-0.39, 0.29) is 0 Å². The predicted molar refractivity (Wildman–Crippen MR) is 55.8 cm³/mol. The first-order chi connectivity index (χ1) is 6.34. The van der Waals surface area contributed by atoms with Gasteiger partial charge in [-0.25, -0.2) is 0 Å². The molecule has 1 aliphatic heterocycles. The summed E-state index contributed by atoms with van der Waals surface area (Å²) in [6.45, 7) is 4.79. The second kappa shape index (κ2) is 4.43. The van der Waals surface area contributed by atoms with Crippen molar-refractivity contribution in [1.29, 1.82) is 0 Å². The molecule has 2 aliphatic rings. The summed E-state index contributed by atoms with van der Waals surface area (Å²) in [6, 6.07) is 1.58. The van der Waals surface area contributed by atoms with E-state index < -0.39 is 0 Å². The van der Waals surface area contributed by atoms with Crippen molar-refractivity contribution in [3.05, 3.63) is 0 Å². The Labute approximate surface area is 81.5 Å². The first-order valence-corrected chi connectivity index (χ1v) is 5.81. The van der Waals surface area contributed by atoms with E-state index in [2.05, 4.69) is 17.6 Å². The Morgan fingerprint density at radius 1 is 1.31 bits per heavy atom. The molecular formula is C11H22N2. The van der Waals surface area contributed by atoms with Gasteiger partial charge in [-0.2, -0.15) is 0 Å². The molecule has 1 heterocycles. The van der Waals surface area contributed by atoms with Crippen LogP contribution in [0.5, 0.6) is 0 Å². The van der Waals surface area contributed by atoms with E-state index in [9.17, 15) is 0 Å². The molecule has 0 aromatic carbocycles. The van der Waals surface area contributed by atoms with Crippen molar-refractivity contribution in [2.45, 2.75) is 51.1 Å². The van der Waals surface area contributed by atoms with Crippen LogP contribution in [0.3, 0.4) is 0 Å². The van der Waals surface area contributed by atoms with Gasteiger partial charge in [0.25, 0.3) is 0 Å². The number of nitrogens with one attached hydrogen (secondary N) is 2. The second-order valence-corrected chi connectivity index (χ2v) is 4.82. The molecule has 2 N–H and O–H groups in total. The lowest BCUT2D eigenvalue weighted by Gasteiger charge is -2.16. The largest absolute Gasteiger partial charge is 0.313 e. The van der Waals surface area contributed by atoms with Crippen molar-refractivity contribution < 1.29 is 0 Å². The maximum atomic E-state index is 3.69. The van der Waals surface area contributed by atoms with E-state index in [0.717, 1.165) is 18.0 Å². The Hall–Kier alpha value is -0.0800. The fraction of sp³-hybridized carbons (Fsp3) is 1.00. The van der Waals surface area contributed by atoms with Gasteiger partial charge in [-0.3, -0.25) is 0 Å². The molecule has 3 atom stereocenters. The molecule has 13 heavy (non-hydrogen) atoms. The maximum absolute atomic E-state index is 3.69. The summed E-state index contributed by atoms with van der Waals surface area (Å²) in [7, 11) is 0. The van der Waals surface area contributed by atoms with Crippen molar-refractivity contribution >= 4 is 0 Å². The standard InChI is InChI=1S/C11H22N2/c1-9-4-5-10(7-9)13-8-11-3-2-6-12-11/h9-13H,2-8H2,1H3/t9?,10?,11-/m0/s1. The van der Waals surface area contributed by atoms with Crippen LogP contribution in [0.2, 0.25) is 0 Å². The van der Waals surface area contributed by atoms with Gasteiger partial charge in [-0.1, -0.05) is 6.92 Å². The van der Waals surface area contributed by atoms with Crippen LogP contribution in [0, 0.1) is 5.92 Å². The van der Waals surface area contributed by atoms with Gasteiger partial charge >= 0.3 is 0 Å². The highest BCUT2D eigenvalue weighted by Crippen LogP contribution is 2.24. The zero-order valence-electron chi connectivity index (χ0n) is 8.68. The minimum Gasteiger partial charge on any atom is -0.313 e. The number of hydrogen-bond donors (Lipinski definition) is 2. The highest BCUT2D eigenvalue weighted by molar-refractivity contribution is 4.82. The molecule has 0 aromatic heterocycles. The van der Waals surface area contributed by atoms with Crippen molar-refractivity contribution in [3.63, 3.8) is 0 Å². The third kappa shape index (κ3) is 2.68. The number of rotatable bonds is 3. The van der Waals surface area contributed by atoms with Crippen LogP contribution in [0.4, 0.5) is 0 Å². The van der Waals surface area contributed by atoms with E-state index in [1.165, 1.54) is 45.2 Å². The molecule has 2 nitrogen and oxygen atoms in total. The molecule has 1 saturated carbocycles. The van der Waals surface area contributed by atoms with E-state index in [1.54, 1.807) is 0 Å². The quantitative estimate of drug-likeness (QED) is 0.691. The monoisotopic (exact) mass is 182 g/mol. The molecule has 76 valence electrons. The number of hydrogen-bond acceptors (Lipinski definition) is 2. The van der Waals surface area contributed by atoms with Gasteiger partial charge in [0, 0.05) is 18.6 Å². The summed E-state index contributed by atoms with van der Waals surface area (Å²) in [4.78, 5) is 0. The van der Waals surface area contributed by atoms with Crippen LogP contribution in [-0.4, -0.2) is 25.2 Å². The fourth-order valence-electron chi connectivity index (χ4n) is 2.63. The summed E-state index contributed by atoms with van der Waals surface area (Å²) in [5.74, 6) is 0.953. The van der Waals surface area contributed by atoms with Crippen molar-refractivity contribution in [3.8, 4) is 0 Å². The Balaban J connectivity index is 1.62. The summed E-state index contributed by atoms with van der Waals surface area (Å²) in [5, 5.41) is 7.22. The Morgan fingerprint density at radius 2 is 2.23 bits per heavy atom. The zero-order chi connectivity index (χ0) is 9.10. The third-order valence-electron chi connectivity index (χ3n) is 3.51. The van der Waals surface area contributed by atoms with Crippen LogP contribution in [0.1, 0.15) is 39.0 Å². The Kier molecular flexibility index (Phi) is 3.23. The lowest BCUT2D eigenvalue weighted by atomic mass is 10.1. The molecule has 0 radical (unpaired) electrons. The second-order valence-electron chi connectivity index (χ2n) is 4.82. The van der Waals surface area contributed by atoms with Gasteiger partial charge in [0.15, 0.2) is 0 Å². The SMILES string of the molecule is CC1CCC(NC[C@@H]2CCCN2)C1. The minimum atomic E-state index is 0.760. The van der Waals surface area contributed by atoms with Gasteiger partial charge in [0.2, 0.25) is 0 Å². The molecule has 2 fully saturated rings. The molecule has 1 saturated heterocycles. The highest BCUT2D eigenvalue weighted by Gasteiger charge is 2.22. The molecule has 0 bridgehead atoms. The van der Waals surface area contributed by atoms with E-state index in [4.69, 9.17) is 0 Å². The van der Waals surface area contributed by atoms with Crippen LogP contribution in [0.15, 0.2) is 0 Å². The van der Waals surface area contributed by atoms with E-state index >= 15 is 0 Å². The van der Waals surface area contributed by atoms with Crippen molar-refractivity contribution in [2.75, 3.05) is 13.1 Å². The molecular weight excluding hydrogens is 160 g/mol. The topological polar surface area (TPSA) is 24.1 Å². The lowest BCUT2D eigenvalue weighted by Crippen LogP contribution is -2.38. The Bertz CT molecular complexity index is 152. The average Bonchev–Trinajstić information content (AvgIpc) is 2.71. The molecule has 0 spiro atoms. The van der Waals surface area contributed by atoms with Gasteiger partial charge in [-0.05, 0) is 44.6 Å². The van der Waals surface area contributed by atoms with Crippen LogP contribution >= 0.6 is 0 Å². The van der Waals surface area contributed by atoms with Gasteiger partial charge in [-0.15, -0.1) is 0 Å². The predicted octanol–water partition coefficient (Wildman–Crippen LogP) is 1.52.